The van der Waals surface area contributed by atoms with Gasteiger partial charge in [-0.25, -0.2) is 9.37 Å². The molecule has 0 aliphatic heterocycles. The highest BCUT2D eigenvalue weighted by molar-refractivity contribution is 5.96. The molecule has 2 heterocycles. The van der Waals surface area contributed by atoms with Gasteiger partial charge in [-0.15, -0.1) is 0 Å². The smallest absolute Gasteiger partial charge is 0.270 e. The SMILES string of the molecule is CC(NC(=O)c1cc(-c2cnc(-c3cc4ccccc4cn3)[nH]2)cc([N+](=O)[O-])c1)c1ccc(F)cc1. The third kappa shape index (κ3) is 4.67. The number of carbonyl (C=O) groups excluding carboxylic acids is 1. The van der Waals surface area contributed by atoms with E-state index < -0.39 is 16.9 Å². The second-order valence-corrected chi connectivity index (χ2v) is 8.33. The summed E-state index contributed by atoms with van der Waals surface area (Å²) in [6, 6.07) is 19.2. The number of pyridine rings is 1. The van der Waals surface area contributed by atoms with Crippen molar-refractivity contribution in [2.24, 2.45) is 0 Å². The Bertz CT molecular complexity index is 1600. The fourth-order valence-electron chi connectivity index (χ4n) is 3.93. The van der Waals surface area contributed by atoms with Gasteiger partial charge in [0.25, 0.3) is 11.6 Å². The zero-order valence-electron chi connectivity index (χ0n) is 19.1. The Morgan fingerprint density at radius 3 is 2.50 bits per heavy atom. The number of hydrogen-bond acceptors (Lipinski definition) is 5. The van der Waals surface area contributed by atoms with Crippen LogP contribution in [0.25, 0.3) is 33.5 Å². The van der Waals surface area contributed by atoms with E-state index in [9.17, 15) is 19.3 Å². The summed E-state index contributed by atoms with van der Waals surface area (Å²) in [4.78, 5) is 36.0. The molecule has 1 unspecified atom stereocenters. The van der Waals surface area contributed by atoms with Crippen molar-refractivity contribution in [1.29, 1.82) is 0 Å². The predicted molar refractivity (Wildman–Crippen MR) is 134 cm³/mol. The first-order valence-electron chi connectivity index (χ1n) is 11.1. The van der Waals surface area contributed by atoms with Crippen LogP contribution in [0.1, 0.15) is 28.9 Å². The third-order valence-corrected chi connectivity index (χ3v) is 5.87. The normalized spacial score (nSPS) is 11.8. The van der Waals surface area contributed by atoms with E-state index in [0.717, 1.165) is 10.8 Å². The van der Waals surface area contributed by atoms with E-state index in [-0.39, 0.29) is 17.1 Å². The van der Waals surface area contributed by atoms with E-state index in [1.54, 1.807) is 37.5 Å². The maximum Gasteiger partial charge on any atom is 0.270 e. The molecule has 8 nitrogen and oxygen atoms in total. The monoisotopic (exact) mass is 481 g/mol. The van der Waals surface area contributed by atoms with Gasteiger partial charge in [-0.3, -0.25) is 19.9 Å². The van der Waals surface area contributed by atoms with Crippen LogP contribution in [0.3, 0.4) is 0 Å². The first-order chi connectivity index (χ1) is 17.4. The Balaban J connectivity index is 1.45. The second kappa shape index (κ2) is 9.38. The van der Waals surface area contributed by atoms with Crippen LogP contribution in [-0.4, -0.2) is 25.8 Å². The molecule has 1 amide bonds. The minimum atomic E-state index is -0.550. The lowest BCUT2D eigenvalue weighted by Gasteiger charge is -2.15. The Morgan fingerprint density at radius 2 is 1.75 bits per heavy atom. The molecule has 5 aromatic rings. The van der Waals surface area contributed by atoms with Crippen LogP contribution in [0, 0.1) is 15.9 Å². The van der Waals surface area contributed by atoms with Gasteiger partial charge in [-0.1, -0.05) is 36.4 Å². The Kier molecular flexibility index (Phi) is 5.95. The quantitative estimate of drug-likeness (QED) is 0.234. The Labute approximate surface area is 205 Å². The number of rotatable bonds is 6. The lowest BCUT2D eigenvalue weighted by Crippen LogP contribution is -2.26. The van der Waals surface area contributed by atoms with Crippen molar-refractivity contribution in [2.45, 2.75) is 13.0 Å². The fourth-order valence-corrected chi connectivity index (χ4v) is 3.93. The van der Waals surface area contributed by atoms with E-state index in [0.29, 0.717) is 28.3 Å². The number of aromatic amines is 1. The minimum absolute atomic E-state index is 0.119. The second-order valence-electron chi connectivity index (χ2n) is 8.33. The van der Waals surface area contributed by atoms with Gasteiger partial charge < -0.3 is 10.3 Å². The molecule has 2 N–H and O–H groups in total. The van der Waals surface area contributed by atoms with Gasteiger partial charge in [-0.05, 0) is 42.1 Å². The molecule has 0 saturated heterocycles. The largest absolute Gasteiger partial charge is 0.346 e. The zero-order chi connectivity index (χ0) is 25.2. The molecule has 178 valence electrons. The molecule has 9 heteroatoms. The van der Waals surface area contributed by atoms with Gasteiger partial charge in [0.15, 0.2) is 5.82 Å². The number of fused-ring (bicyclic) bond motifs is 1. The number of imidazole rings is 1. The summed E-state index contributed by atoms with van der Waals surface area (Å²) in [5.41, 5.74) is 2.15. The third-order valence-electron chi connectivity index (χ3n) is 5.87. The average molecular weight is 481 g/mol. The van der Waals surface area contributed by atoms with Gasteiger partial charge in [0.1, 0.15) is 11.5 Å². The van der Waals surface area contributed by atoms with Gasteiger partial charge in [-0.2, -0.15) is 0 Å². The van der Waals surface area contributed by atoms with Gasteiger partial charge in [0.05, 0.1) is 22.9 Å². The van der Waals surface area contributed by atoms with Crippen LogP contribution in [0.15, 0.2) is 85.2 Å². The average Bonchev–Trinajstić information content (AvgIpc) is 3.39. The van der Waals surface area contributed by atoms with E-state index in [1.807, 2.05) is 30.3 Å². The van der Waals surface area contributed by atoms with Gasteiger partial charge in [0.2, 0.25) is 0 Å². The number of benzene rings is 3. The maximum atomic E-state index is 13.2. The molecule has 0 fully saturated rings. The first kappa shape index (κ1) is 22.9. The molecule has 0 radical (unpaired) electrons. The van der Waals surface area contributed by atoms with E-state index in [1.165, 1.54) is 24.3 Å². The summed E-state index contributed by atoms with van der Waals surface area (Å²) in [5, 5.41) is 16.4. The number of nitrogens with one attached hydrogen (secondary N) is 2. The predicted octanol–water partition coefficient (Wildman–Crippen LogP) is 5.83. The molecule has 2 aromatic heterocycles. The fraction of sp³-hybridized carbons (Fsp3) is 0.0741. The summed E-state index contributed by atoms with van der Waals surface area (Å²) in [7, 11) is 0. The number of carbonyl (C=O) groups is 1. The number of halogens is 1. The number of H-pyrrole nitrogens is 1. The molecule has 3 aromatic carbocycles. The van der Waals surface area contributed by atoms with Crippen LogP contribution in [0.2, 0.25) is 0 Å². The molecular weight excluding hydrogens is 461 g/mol. The van der Waals surface area contributed by atoms with Crippen LogP contribution in [0.5, 0.6) is 0 Å². The molecular formula is C27H20FN5O3. The summed E-state index contributed by atoms with van der Waals surface area (Å²) >= 11 is 0. The van der Waals surface area contributed by atoms with Gasteiger partial charge in [0, 0.05) is 34.8 Å². The number of amides is 1. The van der Waals surface area contributed by atoms with Crippen molar-refractivity contribution >= 4 is 22.4 Å². The van der Waals surface area contributed by atoms with Crippen molar-refractivity contribution in [3.05, 3.63) is 112 Å². The molecule has 0 aliphatic rings. The topological polar surface area (TPSA) is 114 Å². The van der Waals surface area contributed by atoms with Crippen molar-refractivity contribution in [3.63, 3.8) is 0 Å². The van der Waals surface area contributed by atoms with Crippen LogP contribution < -0.4 is 5.32 Å². The van der Waals surface area contributed by atoms with E-state index in [4.69, 9.17) is 0 Å². The number of nitrogens with zero attached hydrogens (tertiary/aromatic N) is 3. The standard InChI is InChI=1S/C27H20FN5O3/c1-16(17-6-8-22(28)9-7-17)31-27(34)21-10-20(11-23(12-21)33(35)36)25-15-30-26(32-25)24-13-18-4-2-3-5-19(18)14-29-24/h2-16H,1H3,(H,30,32)(H,31,34). The molecule has 5 rings (SSSR count). The van der Waals surface area contributed by atoms with Gasteiger partial charge >= 0.3 is 0 Å². The summed E-state index contributed by atoms with van der Waals surface area (Å²) < 4.78 is 13.2. The van der Waals surface area contributed by atoms with Crippen LogP contribution in [-0.2, 0) is 0 Å². The van der Waals surface area contributed by atoms with Crippen molar-refractivity contribution < 1.29 is 14.1 Å². The van der Waals surface area contributed by atoms with E-state index in [2.05, 4.69) is 20.3 Å². The van der Waals surface area contributed by atoms with Crippen LogP contribution in [0.4, 0.5) is 10.1 Å². The van der Waals surface area contributed by atoms with E-state index >= 15 is 0 Å². The highest BCUT2D eigenvalue weighted by Gasteiger charge is 2.19. The summed E-state index contributed by atoms with van der Waals surface area (Å²) in [6.07, 6.45) is 3.30. The molecule has 0 saturated carbocycles. The molecule has 0 bridgehead atoms. The Hall–Kier alpha value is -4.92. The van der Waals surface area contributed by atoms with Crippen molar-refractivity contribution in [1.82, 2.24) is 20.3 Å². The molecule has 0 spiro atoms. The van der Waals surface area contributed by atoms with Crippen molar-refractivity contribution in [3.8, 4) is 22.8 Å². The summed E-state index contributed by atoms with van der Waals surface area (Å²) in [6.45, 7) is 1.75. The Morgan fingerprint density at radius 1 is 1.00 bits per heavy atom. The minimum Gasteiger partial charge on any atom is -0.346 e. The molecule has 1 atom stereocenters. The number of hydrogen-bond donors (Lipinski definition) is 2. The highest BCUT2D eigenvalue weighted by atomic mass is 19.1. The first-order valence-corrected chi connectivity index (χ1v) is 11.1. The lowest BCUT2D eigenvalue weighted by atomic mass is 10.0. The number of non-ortho nitro benzene ring substituents is 1. The number of nitro groups is 1. The lowest BCUT2D eigenvalue weighted by molar-refractivity contribution is -0.384. The highest BCUT2D eigenvalue weighted by Crippen LogP contribution is 2.28. The number of nitro benzene ring substituents is 1. The molecule has 0 aliphatic carbocycles. The van der Waals surface area contributed by atoms with Crippen molar-refractivity contribution in [2.75, 3.05) is 0 Å². The van der Waals surface area contributed by atoms with Crippen LogP contribution >= 0.6 is 0 Å². The summed E-state index contributed by atoms with van der Waals surface area (Å²) in [5.74, 6) is -0.371. The zero-order valence-corrected chi connectivity index (χ0v) is 19.1. The number of aromatic nitrogens is 3. The maximum absolute atomic E-state index is 13.2. The molecule has 36 heavy (non-hydrogen) atoms.